The molecule has 0 rings (SSSR count). The van der Waals surface area contributed by atoms with Crippen molar-refractivity contribution in [2.24, 2.45) is 0 Å². The highest BCUT2D eigenvalue weighted by molar-refractivity contribution is 6.76. The zero-order chi connectivity index (χ0) is 11.9. The average Bonchev–Trinajstić information content (AvgIpc) is 2.00. The van der Waals surface area contributed by atoms with Crippen molar-refractivity contribution >= 4 is 8.07 Å². The molecule has 0 aromatic carbocycles. The Kier molecular flexibility index (Phi) is 6.91. The van der Waals surface area contributed by atoms with Gasteiger partial charge in [-0.05, 0) is 40.0 Å². The molecule has 0 aliphatic rings. The molecular weight excluding hydrogens is 196 g/mol. The molecule has 0 aliphatic carbocycles. The zero-order valence-corrected chi connectivity index (χ0v) is 12.5. The number of hydrogen-bond donors (Lipinski definition) is 0. The lowest BCUT2D eigenvalue weighted by Gasteiger charge is -2.13. The molecule has 0 nitrogen and oxygen atoms in total. The summed E-state index contributed by atoms with van der Waals surface area (Å²) >= 11 is 0. The van der Waals surface area contributed by atoms with Gasteiger partial charge < -0.3 is 0 Å². The van der Waals surface area contributed by atoms with Gasteiger partial charge in [0, 0.05) is 8.07 Å². The minimum Gasteiger partial charge on any atom is -0.0859 e. The van der Waals surface area contributed by atoms with Crippen molar-refractivity contribution < 1.29 is 0 Å². The molecule has 0 amide bonds. The van der Waals surface area contributed by atoms with E-state index in [1.807, 2.05) is 0 Å². The maximum Gasteiger partial charge on any atom is 0.0445 e. The molecule has 0 spiro atoms. The van der Waals surface area contributed by atoms with E-state index in [9.17, 15) is 0 Å². The van der Waals surface area contributed by atoms with Crippen LogP contribution in [0.25, 0.3) is 0 Å². The quantitative estimate of drug-likeness (QED) is 0.418. The molecule has 0 heterocycles. The molecule has 0 fully saturated rings. The summed E-state index contributed by atoms with van der Waals surface area (Å²) in [7, 11) is -0.830. The van der Waals surface area contributed by atoms with Crippen LogP contribution in [0.2, 0.25) is 25.7 Å². The van der Waals surface area contributed by atoms with Crippen LogP contribution in [0.1, 0.15) is 40.0 Å². The predicted molar refractivity (Wildman–Crippen MR) is 75.2 cm³/mol. The number of rotatable bonds is 6. The lowest BCUT2D eigenvalue weighted by molar-refractivity contribution is 0.950. The lowest BCUT2D eigenvalue weighted by Crippen LogP contribution is -2.18. The smallest absolute Gasteiger partial charge is 0.0445 e. The van der Waals surface area contributed by atoms with Crippen molar-refractivity contribution in [1.29, 1.82) is 0 Å². The molecule has 0 aliphatic heterocycles. The van der Waals surface area contributed by atoms with Gasteiger partial charge in [0.15, 0.2) is 0 Å². The fraction of sp³-hybridized carbons (Fsp3) is 0.714. The number of hydrogen-bond acceptors (Lipinski definition) is 0. The summed E-state index contributed by atoms with van der Waals surface area (Å²) in [4.78, 5) is 0. The molecule has 0 unspecified atom stereocenters. The van der Waals surface area contributed by atoms with E-state index in [-0.39, 0.29) is 0 Å². The molecule has 0 aromatic rings. The highest BCUT2D eigenvalue weighted by Gasteiger charge is 2.10. The third-order valence-corrected chi connectivity index (χ3v) is 4.27. The van der Waals surface area contributed by atoms with Crippen LogP contribution >= 0.6 is 0 Å². The van der Waals surface area contributed by atoms with Gasteiger partial charge in [0.05, 0.1) is 0 Å². The van der Waals surface area contributed by atoms with E-state index in [1.54, 1.807) is 5.57 Å². The minimum absolute atomic E-state index is 0.830. The molecule has 0 N–H and O–H groups in total. The Balaban J connectivity index is 3.75. The van der Waals surface area contributed by atoms with Crippen LogP contribution in [0, 0.1) is 0 Å². The van der Waals surface area contributed by atoms with E-state index in [0.717, 1.165) is 0 Å². The molecule has 15 heavy (non-hydrogen) atoms. The summed E-state index contributed by atoms with van der Waals surface area (Å²) in [6.07, 6.45) is 8.50. The fourth-order valence-electron chi connectivity index (χ4n) is 1.44. The summed E-state index contributed by atoms with van der Waals surface area (Å²) in [5.41, 5.74) is 3.00. The molecule has 1 heteroatoms. The van der Waals surface area contributed by atoms with Crippen LogP contribution < -0.4 is 0 Å². The highest BCUT2D eigenvalue weighted by Crippen LogP contribution is 2.14. The maximum absolute atomic E-state index is 2.44. The van der Waals surface area contributed by atoms with Crippen molar-refractivity contribution in [3.63, 3.8) is 0 Å². The molecule has 0 atom stereocenters. The van der Waals surface area contributed by atoms with Gasteiger partial charge >= 0.3 is 0 Å². The standard InChI is InChI=1S/C14H28Si/c1-13(2)9-7-10-14(3)11-8-12-15(4,5)6/h9,11H,7-8,10,12H2,1-6H3/b14-11+. The largest absolute Gasteiger partial charge is 0.0859 e. The zero-order valence-electron chi connectivity index (χ0n) is 11.5. The third-order valence-electron chi connectivity index (χ3n) is 2.48. The fourth-order valence-corrected chi connectivity index (χ4v) is 2.45. The molecule has 0 bridgehead atoms. The van der Waals surface area contributed by atoms with Gasteiger partial charge in [-0.3, -0.25) is 0 Å². The summed E-state index contributed by atoms with van der Waals surface area (Å²) in [5, 5.41) is 0. The van der Waals surface area contributed by atoms with Gasteiger partial charge in [0.2, 0.25) is 0 Å². The van der Waals surface area contributed by atoms with Gasteiger partial charge in [-0.25, -0.2) is 0 Å². The van der Waals surface area contributed by atoms with E-state index in [1.165, 1.54) is 30.9 Å². The Bertz CT molecular complexity index is 224. The Hall–Kier alpha value is -0.303. The Morgan fingerprint density at radius 2 is 1.53 bits per heavy atom. The van der Waals surface area contributed by atoms with Crippen LogP contribution in [-0.2, 0) is 0 Å². The summed E-state index contributed by atoms with van der Waals surface area (Å²) < 4.78 is 0. The maximum atomic E-state index is 2.44. The first-order valence-corrected chi connectivity index (χ1v) is 9.81. The van der Waals surface area contributed by atoms with E-state index >= 15 is 0 Å². The van der Waals surface area contributed by atoms with E-state index in [2.05, 4.69) is 52.6 Å². The van der Waals surface area contributed by atoms with Gasteiger partial charge in [-0.15, -0.1) is 0 Å². The molecule has 88 valence electrons. The van der Waals surface area contributed by atoms with Crippen molar-refractivity contribution in [2.75, 3.05) is 0 Å². The van der Waals surface area contributed by atoms with Gasteiger partial charge in [-0.1, -0.05) is 49.0 Å². The monoisotopic (exact) mass is 224 g/mol. The van der Waals surface area contributed by atoms with Gasteiger partial charge in [0.1, 0.15) is 0 Å². The Morgan fingerprint density at radius 3 is 2.00 bits per heavy atom. The second kappa shape index (κ2) is 7.05. The molecule has 0 saturated heterocycles. The van der Waals surface area contributed by atoms with Crippen LogP contribution in [0.5, 0.6) is 0 Å². The highest BCUT2D eigenvalue weighted by atomic mass is 28.3. The first-order valence-electron chi connectivity index (χ1n) is 6.10. The molecule has 0 radical (unpaired) electrons. The van der Waals surface area contributed by atoms with Crippen LogP contribution in [0.4, 0.5) is 0 Å². The van der Waals surface area contributed by atoms with Crippen LogP contribution in [-0.4, -0.2) is 8.07 Å². The molecule has 0 saturated carbocycles. The van der Waals surface area contributed by atoms with E-state index in [4.69, 9.17) is 0 Å². The van der Waals surface area contributed by atoms with Crippen molar-refractivity contribution in [1.82, 2.24) is 0 Å². The second-order valence-electron chi connectivity index (χ2n) is 5.97. The van der Waals surface area contributed by atoms with Crippen molar-refractivity contribution in [3.05, 3.63) is 23.3 Å². The SMILES string of the molecule is CC(C)=CCC/C(C)=C/CC[Si](C)(C)C. The van der Waals surface area contributed by atoms with Crippen LogP contribution in [0.3, 0.4) is 0 Å². The topological polar surface area (TPSA) is 0 Å². The Labute approximate surface area is 97.5 Å². The number of allylic oxidation sites excluding steroid dienone is 4. The van der Waals surface area contributed by atoms with E-state index < -0.39 is 8.07 Å². The first-order chi connectivity index (χ1) is 6.81. The summed E-state index contributed by atoms with van der Waals surface area (Å²) in [6, 6.07) is 1.42. The first kappa shape index (κ1) is 14.7. The van der Waals surface area contributed by atoms with Crippen LogP contribution in [0.15, 0.2) is 23.3 Å². The molecular formula is C14H28Si. The predicted octanol–water partition coefficient (Wildman–Crippen LogP) is 5.41. The third kappa shape index (κ3) is 11.6. The minimum atomic E-state index is -0.830. The normalized spacial score (nSPS) is 12.8. The summed E-state index contributed by atoms with van der Waals surface area (Å²) in [6.45, 7) is 13.9. The Morgan fingerprint density at radius 1 is 0.933 bits per heavy atom. The summed E-state index contributed by atoms with van der Waals surface area (Å²) in [5.74, 6) is 0. The van der Waals surface area contributed by atoms with Gasteiger partial charge in [0.25, 0.3) is 0 Å². The van der Waals surface area contributed by atoms with Crippen molar-refractivity contribution in [2.45, 2.75) is 65.7 Å². The second-order valence-corrected chi connectivity index (χ2v) is 11.6. The average molecular weight is 224 g/mol. The van der Waals surface area contributed by atoms with E-state index in [0.29, 0.717) is 0 Å². The van der Waals surface area contributed by atoms with Crippen molar-refractivity contribution in [3.8, 4) is 0 Å². The lowest BCUT2D eigenvalue weighted by atomic mass is 10.1. The molecule has 0 aromatic heterocycles. The van der Waals surface area contributed by atoms with Gasteiger partial charge in [-0.2, -0.15) is 0 Å².